The summed E-state index contributed by atoms with van der Waals surface area (Å²) in [6, 6.07) is 23.9. The summed E-state index contributed by atoms with van der Waals surface area (Å²) in [5.74, 6) is -0.249. The zero-order chi connectivity index (χ0) is 31.6. The van der Waals surface area contributed by atoms with E-state index < -0.39 is 12.3 Å². The van der Waals surface area contributed by atoms with Crippen LogP contribution in [0.25, 0.3) is 11.1 Å². The average Bonchev–Trinajstić information content (AvgIpc) is 3.49. The summed E-state index contributed by atoms with van der Waals surface area (Å²) in [5.41, 5.74) is 5.79. The molecular formula is C34H38N4O6S. The summed E-state index contributed by atoms with van der Waals surface area (Å²) in [6.45, 7) is 0.372. The predicted molar refractivity (Wildman–Crippen MR) is 170 cm³/mol. The Hall–Kier alpha value is -4.03. The van der Waals surface area contributed by atoms with Crippen LogP contribution in [-0.2, 0) is 39.3 Å². The van der Waals surface area contributed by atoms with Gasteiger partial charge in [0.05, 0.1) is 18.8 Å². The first-order valence-electron chi connectivity index (χ1n) is 15.0. The Morgan fingerprint density at radius 3 is 2.42 bits per heavy atom. The van der Waals surface area contributed by atoms with E-state index in [-0.39, 0.29) is 31.1 Å². The molecular weight excluding hydrogens is 592 g/mol. The van der Waals surface area contributed by atoms with Crippen LogP contribution in [0.2, 0.25) is 0 Å². The number of carboxylic acids is 1. The van der Waals surface area contributed by atoms with Crippen LogP contribution in [0, 0.1) is 0 Å². The van der Waals surface area contributed by atoms with Crippen LogP contribution in [0.5, 0.6) is 0 Å². The van der Waals surface area contributed by atoms with E-state index in [1.807, 2.05) is 84.4 Å². The van der Waals surface area contributed by atoms with Crippen molar-refractivity contribution in [2.75, 3.05) is 5.75 Å². The van der Waals surface area contributed by atoms with E-state index in [0.717, 1.165) is 38.5 Å². The van der Waals surface area contributed by atoms with E-state index >= 15 is 0 Å². The number of ether oxygens (including phenoxy) is 2. The number of carboxylic acid groups (broad SMARTS) is 1. The van der Waals surface area contributed by atoms with Crippen molar-refractivity contribution in [1.82, 2.24) is 20.1 Å². The molecule has 236 valence electrons. The summed E-state index contributed by atoms with van der Waals surface area (Å²) < 4.78 is 14.9. The molecule has 3 aromatic carbocycles. The number of aliphatic hydroxyl groups excluding tert-OH is 1. The first-order chi connectivity index (χ1) is 21.9. The summed E-state index contributed by atoms with van der Waals surface area (Å²) >= 11 is 1.60. The number of aryl methyl sites for hydroxylation is 1. The van der Waals surface area contributed by atoms with Crippen LogP contribution in [-0.4, -0.2) is 48.7 Å². The number of aliphatic carboxylic acids is 1. The van der Waals surface area contributed by atoms with E-state index in [1.54, 1.807) is 18.1 Å². The second kappa shape index (κ2) is 15.8. The van der Waals surface area contributed by atoms with Gasteiger partial charge in [0.1, 0.15) is 6.33 Å². The molecule has 5 rings (SSSR count). The van der Waals surface area contributed by atoms with E-state index in [4.69, 9.17) is 14.6 Å². The summed E-state index contributed by atoms with van der Waals surface area (Å²) in [6.07, 6.45) is 2.91. The third-order valence-corrected chi connectivity index (χ3v) is 8.88. The molecule has 0 radical (unpaired) electrons. The quantitative estimate of drug-likeness (QED) is 0.121. The number of carbonyl (C=O) groups is 2. The molecule has 11 heteroatoms. The van der Waals surface area contributed by atoms with Gasteiger partial charge >= 0.3 is 5.97 Å². The van der Waals surface area contributed by atoms with Gasteiger partial charge in [-0.15, -0.1) is 10.2 Å². The number of nitrogens with zero attached hydrogens (tertiary/aromatic N) is 3. The molecule has 0 aliphatic carbocycles. The van der Waals surface area contributed by atoms with Crippen molar-refractivity contribution in [1.29, 1.82) is 0 Å². The van der Waals surface area contributed by atoms with Gasteiger partial charge in [0, 0.05) is 44.2 Å². The predicted octanol–water partition coefficient (Wildman–Crippen LogP) is 5.57. The first kappa shape index (κ1) is 32.4. The van der Waals surface area contributed by atoms with E-state index in [0.29, 0.717) is 38.0 Å². The molecule has 1 aliphatic heterocycles. The van der Waals surface area contributed by atoms with Crippen LogP contribution in [0.3, 0.4) is 0 Å². The maximum absolute atomic E-state index is 12.3. The number of benzene rings is 3. The third-order valence-electron chi connectivity index (χ3n) is 7.71. The molecule has 0 spiro atoms. The fourth-order valence-corrected chi connectivity index (χ4v) is 6.12. The number of carbonyl (C=O) groups excluding carboxylic acids is 1. The third kappa shape index (κ3) is 9.01. The van der Waals surface area contributed by atoms with Gasteiger partial charge in [-0.05, 0) is 40.7 Å². The fraction of sp³-hybridized carbons (Fsp3) is 0.353. The van der Waals surface area contributed by atoms with Crippen molar-refractivity contribution >= 4 is 23.6 Å². The molecule has 1 aromatic heterocycles. The maximum Gasteiger partial charge on any atom is 0.303 e. The first-order valence-corrected chi connectivity index (χ1v) is 16.0. The lowest BCUT2D eigenvalue weighted by Gasteiger charge is -2.36. The molecule has 4 aromatic rings. The van der Waals surface area contributed by atoms with E-state index in [9.17, 15) is 14.7 Å². The Morgan fingerprint density at radius 2 is 1.71 bits per heavy atom. The Morgan fingerprint density at radius 1 is 0.978 bits per heavy atom. The molecule has 45 heavy (non-hydrogen) atoms. The minimum atomic E-state index is -0.845. The van der Waals surface area contributed by atoms with Gasteiger partial charge in [0.15, 0.2) is 11.4 Å². The number of rotatable bonds is 14. The molecule has 1 fully saturated rings. The Bertz CT molecular complexity index is 1560. The number of hydrogen-bond acceptors (Lipinski definition) is 8. The lowest BCUT2D eigenvalue weighted by molar-refractivity contribution is -0.245. The summed E-state index contributed by atoms with van der Waals surface area (Å²) in [7, 11) is 1.92. The normalized spacial score (nSPS) is 18.0. The van der Waals surface area contributed by atoms with Crippen molar-refractivity contribution in [2.24, 2.45) is 7.05 Å². The molecule has 0 bridgehead atoms. The monoisotopic (exact) mass is 630 g/mol. The van der Waals surface area contributed by atoms with Gasteiger partial charge in [0.2, 0.25) is 5.91 Å². The number of thioether (sulfide) groups is 1. The second-order valence-corrected chi connectivity index (χ2v) is 12.0. The molecule has 1 aliphatic rings. The molecule has 3 atom stereocenters. The SMILES string of the molecule is Cn1cnnc1SC[C@@H]1C[C@H](c2ccc(CO)cc2)O[C@H](c2ccc(-c3ccccc3CNC(=O)CCCCC(=O)O)cc2)O1. The number of amides is 1. The topological polar surface area (TPSA) is 136 Å². The van der Waals surface area contributed by atoms with Crippen molar-refractivity contribution in [3.8, 4) is 11.1 Å². The van der Waals surface area contributed by atoms with Crippen LogP contribution >= 0.6 is 11.8 Å². The number of unbranched alkanes of at least 4 members (excludes halogenated alkanes) is 1. The number of hydrogen-bond donors (Lipinski definition) is 3. The molecule has 0 unspecified atom stereocenters. The van der Waals surface area contributed by atoms with Gasteiger partial charge in [-0.3, -0.25) is 9.59 Å². The highest BCUT2D eigenvalue weighted by atomic mass is 32.2. The highest BCUT2D eigenvalue weighted by Crippen LogP contribution is 2.40. The molecule has 3 N–H and O–H groups in total. The fourth-order valence-electron chi connectivity index (χ4n) is 5.21. The van der Waals surface area contributed by atoms with E-state index in [1.165, 1.54) is 0 Å². The number of nitrogens with one attached hydrogen (secondary N) is 1. The second-order valence-electron chi connectivity index (χ2n) is 11.0. The smallest absolute Gasteiger partial charge is 0.303 e. The number of aromatic nitrogens is 3. The van der Waals surface area contributed by atoms with Crippen LogP contribution in [0.15, 0.2) is 84.3 Å². The van der Waals surface area contributed by atoms with Gasteiger partial charge in [0.25, 0.3) is 0 Å². The van der Waals surface area contributed by atoms with Crippen LogP contribution < -0.4 is 5.32 Å². The van der Waals surface area contributed by atoms with Gasteiger partial charge in [-0.2, -0.15) is 0 Å². The molecule has 10 nitrogen and oxygen atoms in total. The lowest BCUT2D eigenvalue weighted by atomic mass is 9.97. The average molecular weight is 631 g/mol. The standard InChI is InChI=1S/C34H38N4O6S/c1-38-22-36-37-34(38)45-21-28-18-30(25-12-10-23(20-39)11-13-25)44-33(43-28)26-16-14-24(15-17-26)29-7-3-2-6-27(29)19-35-31(40)8-4-5-9-32(41)42/h2-3,6-7,10-17,22,28,30,33,39H,4-5,8-9,18-21H2,1H3,(H,35,40)(H,41,42)/t28-,30+,33+/m0/s1. The van der Waals surface area contributed by atoms with Crippen molar-refractivity contribution in [3.05, 3.63) is 101 Å². The minimum Gasteiger partial charge on any atom is -0.481 e. The minimum absolute atomic E-state index is 0.00898. The van der Waals surface area contributed by atoms with Gasteiger partial charge < -0.3 is 29.6 Å². The molecule has 1 saturated heterocycles. The van der Waals surface area contributed by atoms with Crippen molar-refractivity contribution < 1.29 is 29.3 Å². The summed E-state index contributed by atoms with van der Waals surface area (Å²) in [5, 5.41) is 30.2. The van der Waals surface area contributed by atoms with Crippen molar-refractivity contribution in [3.63, 3.8) is 0 Å². The lowest BCUT2D eigenvalue weighted by Crippen LogP contribution is -2.31. The Balaban J connectivity index is 1.27. The molecule has 1 amide bonds. The highest BCUT2D eigenvalue weighted by Gasteiger charge is 2.32. The van der Waals surface area contributed by atoms with Crippen LogP contribution in [0.1, 0.15) is 66.8 Å². The highest BCUT2D eigenvalue weighted by molar-refractivity contribution is 7.99. The summed E-state index contributed by atoms with van der Waals surface area (Å²) in [4.78, 5) is 23.0. The Kier molecular flexibility index (Phi) is 11.4. The Labute approximate surface area is 266 Å². The van der Waals surface area contributed by atoms with E-state index in [2.05, 4.69) is 15.5 Å². The molecule has 2 heterocycles. The largest absolute Gasteiger partial charge is 0.481 e. The number of aliphatic hydroxyl groups is 1. The van der Waals surface area contributed by atoms with Gasteiger partial charge in [-0.1, -0.05) is 84.6 Å². The maximum atomic E-state index is 12.3. The van der Waals surface area contributed by atoms with Crippen molar-refractivity contribution in [2.45, 2.75) is 68.9 Å². The van der Waals surface area contributed by atoms with Crippen LogP contribution in [0.4, 0.5) is 0 Å². The van der Waals surface area contributed by atoms with Gasteiger partial charge in [-0.25, -0.2) is 0 Å². The zero-order valence-corrected chi connectivity index (χ0v) is 26.0. The zero-order valence-electron chi connectivity index (χ0n) is 25.2. The molecule has 0 saturated carbocycles.